The minimum atomic E-state index is -2.05. The quantitative estimate of drug-likeness (QED) is 0.158. The SMILES string of the molecule is CCC(C)OC(=O)C(CC)O[C@@H](C)[C@H]1CC[C@H]2C3=CC=C4C[C@@H](O[Si](C)(C)C(C)(C)C)C[C@H](O[Si](C)(C)C(C)(C)C)[C@]4(C)[C@H]3CC[C@]12C. The van der Waals surface area contributed by atoms with Gasteiger partial charge >= 0.3 is 5.97 Å². The molecule has 276 valence electrons. The third kappa shape index (κ3) is 7.43. The second kappa shape index (κ2) is 14.0. The molecule has 0 aromatic heterocycles. The van der Waals surface area contributed by atoms with Gasteiger partial charge < -0.3 is 18.3 Å². The van der Waals surface area contributed by atoms with Crippen LogP contribution in [0, 0.1) is 28.6 Å². The monoisotopic (exact) mass is 703 g/mol. The average molecular weight is 703 g/mol. The Balaban J connectivity index is 1.64. The van der Waals surface area contributed by atoms with Gasteiger partial charge in [0.05, 0.1) is 24.4 Å². The van der Waals surface area contributed by atoms with Crippen LogP contribution in [-0.4, -0.2) is 53.1 Å². The van der Waals surface area contributed by atoms with E-state index in [0.29, 0.717) is 24.2 Å². The number of ether oxygens (including phenoxy) is 2. The Hall–Kier alpha value is -0.736. The first-order valence-corrected chi connectivity index (χ1v) is 25.4. The normalized spacial score (nSPS) is 34.6. The fraction of sp³-hybridized carbons (Fsp3) is 0.878. The summed E-state index contributed by atoms with van der Waals surface area (Å²) in [5.41, 5.74) is 3.33. The molecule has 0 spiro atoms. The van der Waals surface area contributed by atoms with Gasteiger partial charge in [-0.25, -0.2) is 4.79 Å². The Bertz CT molecular complexity index is 1220. The number of esters is 1. The molecule has 0 bridgehead atoms. The van der Waals surface area contributed by atoms with Gasteiger partial charge in [-0.15, -0.1) is 0 Å². The molecule has 48 heavy (non-hydrogen) atoms. The molecule has 0 N–H and O–H groups in total. The van der Waals surface area contributed by atoms with Crippen molar-refractivity contribution in [3.63, 3.8) is 0 Å². The summed E-state index contributed by atoms with van der Waals surface area (Å²) in [6.07, 6.45) is 13.0. The maximum Gasteiger partial charge on any atom is 0.335 e. The molecule has 7 heteroatoms. The highest BCUT2D eigenvalue weighted by Crippen LogP contribution is 2.66. The van der Waals surface area contributed by atoms with Gasteiger partial charge in [-0.2, -0.15) is 0 Å². The fourth-order valence-corrected chi connectivity index (χ4v) is 12.0. The summed E-state index contributed by atoms with van der Waals surface area (Å²) in [5.74, 6) is 1.23. The standard InChI is InChI=1S/C41H74O5Si2/c1-17-27(3)43-37(42)35(18-2)44-28(4)32-21-22-33-31-20-19-29-25-30(45-47(13,14)38(5,6)7)26-36(46-48(15,16)39(8,9)10)41(29,12)34(31)23-24-40(32,33)11/h19-20,27-28,30,32-36H,17-18,21-26H2,1-16H3/t27?,28-,30+,32+,33-,34-,35?,36-,40+,41-/m0/s1. The topological polar surface area (TPSA) is 54.0 Å². The molecule has 0 aromatic rings. The molecule has 0 amide bonds. The van der Waals surface area contributed by atoms with E-state index in [4.69, 9.17) is 18.3 Å². The van der Waals surface area contributed by atoms with Crippen molar-refractivity contribution in [2.75, 3.05) is 0 Å². The minimum absolute atomic E-state index is 0.00875. The maximum atomic E-state index is 13.0. The molecule has 10 atom stereocenters. The van der Waals surface area contributed by atoms with Crippen molar-refractivity contribution in [1.29, 1.82) is 0 Å². The Morgan fingerprint density at radius 3 is 2.04 bits per heavy atom. The van der Waals surface area contributed by atoms with E-state index in [-0.39, 0.29) is 51.3 Å². The van der Waals surface area contributed by atoms with Crippen LogP contribution < -0.4 is 0 Å². The van der Waals surface area contributed by atoms with E-state index in [2.05, 4.69) is 101 Å². The summed E-state index contributed by atoms with van der Waals surface area (Å²) in [7, 11) is -3.99. The van der Waals surface area contributed by atoms with E-state index < -0.39 is 22.7 Å². The Labute approximate surface area is 298 Å². The molecule has 0 aliphatic heterocycles. The largest absolute Gasteiger partial charge is 0.461 e. The molecule has 3 fully saturated rings. The Morgan fingerprint density at radius 2 is 1.48 bits per heavy atom. The molecular weight excluding hydrogens is 629 g/mol. The second-order valence-electron chi connectivity index (χ2n) is 19.7. The van der Waals surface area contributed by atoms with Crippen LogP contribution >= 0.6 is 0 Å². The van der Waals surface area contributed by atoms with Crippen LogP contribution in [0.5, 0.6) is 0 Å². The summed E-state index contributed by atoms with van der Waals surface area (Å²) < 4.78 is 27.0. The molecule has 0 aromatic carbocycles. The summed E-state index contributed by atoms with van der Waals surface area (Å²) in [5, 5.41) is 0.321. The van der Waals surface area contributed by atoms with Crippen LogP contribution in [0.4, 0.5) is 0 Å². The van der Waals surface area contributed by atoms with Crippen LogP contribution in [0.15, 0.2) is 23.3 Å². The first-order valence-electron chi connectivity index (χ1n) is 19.6. The summed E-state index contributed by atoms with van der Waals surface area (Å²) >= 11 is 0. The summed E-state index contributed by atoms with van der Waals surface area (Å²) in [6, 6.07) is 0. The number of hydrogen-bond donors (Lipinski definition) is 0. The lowest BCUT2D eigenvalue weighted by molar-refractivity contribution is -0.169. The van der Waals surface area contributed by atoms with Crippen molar-refractivity contribution in [2.45, 2.75) is 201 Å². The van der Waals surface area contributed by atoms with Crippen LogP contribution in [0.2, 0.25) is 36.3 Å². The molecule has 4 aliphatic rings. The Morgan fingerprint density at radius 1 is 0.875 bits per heavy atom. The zero-order valence-corrected chi connectivity index (χ0v) is 36.0. The third-order valence-electron chi connectivity index (χ3n) is 14.7. The highest BCUT2D eigenvalue weighted by Gasteiger charge is 2.61. The lowest BCUT2D eigenvalue weighted by Gasteiger charge is -2.59. The molecule has 2 unspecified atom stereocenters. The number of fused-ring (bicyclic) bond motifs is 5. The predicted octanol–water partition coefficient (Wildman–Crippen LogP) is 11.4. The van der Waals surface area contributed by atoms with Crippen LogP contribution in [-0.2, 0) is 23.1 Å². The van der Waals surface area contributed by atoms with Crippen LogP contribution in [0.3, 0.4) is 0 Å². The first kappa shape index (κ1) is 40.0. The van der Waals surface area contributed by atoms with Crippen molar-refractivity contribution >= 4 is 22.6 Å². The molecular formula is C41H74O5Si2. The van der Waals surface area contributed by atoms with Gasteiger partial charge in [0.1, 0.15) is 0 Å². The van der Waals surface area contributed by atoms with Gasteiger partial charge in [0.15, 0.2) is 22.7 Å². The van der Waals surface area contributed by atoms with E-state index >= 15 is 0 Å². The number of carbonyl (C=O) groups is 1. The van der Waals surface area contributed by atoms with Gasteiger partial charge in [0, 0.05) is 5.41 Å². The molecule has 0 radical (unpaired) electrons. The van der Waals surface area contributed by atoms with Gasteiger partial charge in [-0.05, 0) is 125 Å². The second-order valence-corrected chi connectivity index (χ2v) is 29.2. The number of hydrogen-bond acceptors (Lipinski definition) is 5. The zero-order valence-electron chi connectivity index (χ0n) is 34.0. The highest BCUT2D eigenvalue weighted by molar-refractivity contribution is 6.74. The smallest absolute Gasteiger partial charge is 0.335 e. The van der Waals surface area contributed by atoms with Crippen molar-refractivity contribution < 1.29 is 23.1 Å². The van der Waals surface area contributed by atoms with E-state index in [0.717, 1.165) is 25.7 Å². The molecule has 0 saturated heterocycles. The van der Waals surface area contributed by atoms with Gasteiger partial charge in [0.2, 0.25) is 0 Å². The fourth-order valence-electron chi connectivity index (χ4n) is 9.23. The zero-order chi connectivity index (χ0) is 36.3. The lowest BCUT2D eigenvalue weighted by atomic mass is 9.49. The summed E-state index contributed by atoms with van der Waals surface area (Å²) in [6.45, 7) is 37.2. The maximum absolute atomic E-state index is 13.0. The molecule has 3 saturated carbocycles. The van der Waals surface area contributed by atoms with Crippen LogP contribution in [0.1, 0.15) is 134 Å². The highest BCUT2D eigenvalue weighted by atomic mass is 28.4. The lowest BCUT2D eigenvalue weighted by Crippen LogP contribution is -2.58. The van der Waals surface area contributed by atoms with Gasteiger partial charge in [-0.1, -0.05) is 92.5 Å². The number of carbonyl (C=O) groups excluding carboxylic acids is 1. The Kier molecular flexibility index (Phi) is 11.7. The molecule has 4 rings (SSSR count). The summed E-state index contributed by atoms with van der Waals surface area (Å²) in [4.78, 5) is 13.0. The van der Waals surface area contributed by atoms with E-state index in [1.807, 2.05) is 20.8 Å². The van der Waals surface area contributed by atoms with Crippen molar-refractivity contribution in [1.82, 2.24) is 0 Å². The average Bonchev–Trinajstić information content (AvgIpc) is 3.32. The van der Waals surface area contributed by atoms with Gasteiger partial charge in [0.25, 0.3) is 0 Å². The van der Waals surface area contributed by atoms with E-state index in [9.17, 15) is 4.79 Å². The third-order valence-corrected chi connectivity index (χ3v) is 23.7. The number of rotatable bonds is 11. The molecule has 0 heterocycles. The predicted molar refractivity (Wildman–Crippen MR) is 205 cm³/mol. The van der Waals surface area contributed by atoms with E-state index in [1.54, 1.807) is 11.1 Å². The number of allylic oxidation sites excluding steroid dienone is 3. The van der Waals surface area contributed by atoms with Crippen molar-refractivity contribution in [3.8, 4) is 0 Å². The molecule has 5 nitrogen and oxygen atoms in total. The van der Waals surface area contributed by atoms with Crippen molar-refractivity contribution in [3.05, 3.63) is 23.3 Å². The van der Waals surface area contributed by atoms with E-state index in [1.165, 1.54) is 19.3 Å². The van der Waals surface area contributed by atoms with Gasteiger partial charge in [-0.3, -0.25) is 0 Å². The minimum Gasteiger partial charge on any atom is -0.461 e. The molecule has 4 aliphatic carbocycles. The van der Waals surface area contributed by atoms with Crippen LogP contribution in [0.25, 0.3) is 0 Å². The first-order chi connectivity index (χ1) is 21.9. The van der Waals surface area contributed by atoms with Crippen molar-refractivity contribution in [2.24, 2.45) is 28.6 Å².